The minimum Gasteiger partial charge on any atom is -0.384 e. The zero-order valence-electron chi connectivity index (χ0n) is 9.14. The van der Waals surface area contributed by atoms with Gasteiger partial charge in [-0.3, -0.25) is 4.79 Å². The van der Waals surface area contributed by atoms with Gasteiger partial charge in [-0.15, -0.1) is 5.10 Å². The monoisotopic (exact) mass is 294 g/mol. The second-order valence-corrected chi connectivity index (χ2v) is 4.24. The number of carbonyl (C=O) groups is 1. The Bertz CT molecular complexity index is 538. The van der Waals surface area contributed by atoms with Gasteiger partial charge < -0.3 is 10.6 Å². The van der Waals surface area contributed by atoms with Gasteiger partial charge >= 0.3 is 0 Å². The lowest BCUT2D eigenvalue weighted by Gasteiger charge is -2.00. The molecule has 2 N–H and O–H groups in total. The van der Waals surface area contributed by atoms with E-state index in [4.69, 9.17) is 0 Å². The van der Waals surface area contributed by atoms with Crippen LogP contribution in [0.4, 0.5) is 11.5 Å². The highest BCUT2D eigenvalue weighted by atomic mass is 79.9. The molecule has 1 aromatic heterocycles. The lowest BCUT2D eigenvalue weighted by atomic mass is 10.3. The summed E-state index contributed by atoms with van der Waals surface area (Å²) >= 11 is 3.40. The number of nitrogens with one attached hydrogen (secondary N) is 2. The van der Waals surface area contributed by atoms with Gasteiger partial charge in [-0.05, 0) is 18.2 Å². The second-order valence-electron chi connectivity index (χ2n) is 3.33. The minimum absolute atomic E-state index is 0.502. The molecule has 0 saturated carbocycles. The maximum absolute atomic E-state index is 10.4. The third-order valence-electron chi connectivity index (χ3n) is 2.25. The normalized spacial score (nSPS) is 10.0. The first-order chi connectivity index (χ1) is 8.24. The van der Waals surface area contributed by atoms with Crippen LogP contribution in [0.3, 0.4) is 0 Å². The Labute approximate surface area is 107 Å². The molecule has 0 atom stereocenters. The zero-order chi connectivity index (χ0) is 12.3. The van der Waals surface area contributed by atoms with Gasteiger partial charge in [0.25, 0.3) is 0 Å². The van der Waals surface area contributed by atoms with Gasteiger partial charge in [0, 0.05) is 11.5 Å². The van der Waals surface area contributed by atoms with Crippen molar-refractivity contribution in [1.82, 2.24) is 9.78 Å². The van der Waals surface area contributed by atoms with Crippen LogP contribution in [0.15, 0.2) is 34.9 Å². The summed E-state index contributed by atoms with van der Waals surface area (Å²) in [5, 5.41) is 9.79. The van der Waals surface area contributed by atoms with E-state index in [1.807, 2.05) is 30.5 Å². The van der Waals surface area contributed by atoms with Crippen molar-refractivity contribution in [3.63, 3.8) is 0 Å². The predicted octanol–water partition coefficient (Wildman–Crippen LogP) is 2.24. The molecular formula is C11H11BrN4O. The summed E-state index contributed by atoms with van der Waals surface area (Å²) in [4.78, 5) is 10.4. The largest absolute Gasteiger partial charge is 0.384 e. The standard InChI is InChI=1S/C11H11BrN4O/c1-13-10-6-16(15-11(10)14-7-17)9-4-2-3-8(12)5-9/h2-7,13H,1H3,(H,14,15,17). The quantitative estimate of drug-likeness (QED) is 0.851. The van der Waals surface area contributed by atoms with Crippen LogP contribution in [0.2, 0.25) is 0 Å². The number of hydrogen-bond donors (Lipinski definition) is 2. The number of benzene rings is 1. The highest BCUT2D eigenvalue weighted by Gasteiger charge is 2.08. The molecule has 2 aromatic rings. The van der Waals surface area contributed by atoms with Gasteiger partial charge in [0.1, 0.15) is 0 Å². The molecule has 0 aliphatic rings. The minimum atomic E-state index is 0.502. The number of hydrogen-bond acceptors (Lipinski definition) is 3. The average molecular weight is 295 g/mol. The summed E-state index contributed by atoms with van der Waals surface area (Å²) in [5.74, 6) is 0.502. The average Bonchev–Trinajstić information content (AvgIpc) is 2.73. The third-order valence-corrected chi connectivity index (χ3v) is 2.75. The van der Waals surface area contributed by atoms with E-state index in [1.54, 1.807) is 11.7 Å². The number of aromatic nitrogens is 2. The fraction of sp³-hybridized carbons (Fsp3) is 0.0909. The number of rotatable bonds is 4. The third kappa shape index (κ3) is 2.47. The van der Waals surface area contributed by atoms with Crippen molar-refractivity contribution in [2.24, 2.45) is 0 Å². The van der Waals surface area contributed by atoms with Crippen molar-refractivity contribution in [1.29, 1.82) is 0 Å². The molecular weight excluding hydrogens is 284 g/mol. The maximum atomic E-state index is 10.4. The Morgan fingerprint density at radius 1 is 1.47 bits per heavy atom. The molecule has 2 rings (SSSR count). The van der Waals surface area contributed by atoms with Crippen molar-refractivity contribution in [2.45, 2.75) is 0 Å². The lowest BCUT2D eigenvalue weighted by molar-refractivity contribution is -0.105. The fourth-order valence-electron chi connectivity index (χ4n) is 1.47. The zero-order valence-corrected chi connectivity index (χ0v) is 10.7. The van der Waals surface area contributed by atoms with Crippen LogP contribution in [0.25, 0.3) is 5.69 Å². The van der Waals surface area contributed by atoms with Crippen molar-refractivity contribution in [3.05, 3.63) is 34.9 Å². The summed E-state index contributed by atoms with van der Waals surface area (Å²) in [6.45, 7) is 0. The van der Waals surface area contributed by atoms with Crippen molar-refractivity contribution < 1.29 is 4.79 Å². The highest BCUT2D eigenvalue weighted by molar-refractivity contribution is 9.10. The van der Waals surface area contributed by atoms with Gasteiger partial charge in [0.2, 0.25) is 6.41 Å². The van der Waals surface area contributed by atoms with E-state index in [2.05, 4.69) is 31.7 Å². The van der Waals surface area contributed by atoms with Crippen molar-refractivity contribution in [3.8, 4) is 5.69 Å². The molecule has 1 aromatic carbocycles. The van der Waals surface area contributed by atoms with E-state index in [-0.39, 0.29) is 0 Å². The van der Waals surface area contributed by atoms with Crippen molar-refractivity contribution >= 4 is 33.8 Å². The van der Waals surface area contributed by atoms with Gasteiger partial charge in [-0.25, -0.2) is 4.68 Å². The smallest absolute Gasteiger partial charge is 0.212 e. The number of halogens is 1. The van der Waals surface area contributed by atoms with E-state index < -0.39 is 0 Å². The Kier molecular flexibility index (Phi) is 3.43. The van der Waals surface area contributed by atoms with Crippen LogP contribution in [-0.2, 0) is 4.79 Å². The van der Waals surface area contributed by atoms with Crippen LogP contribution >= 0.6 is 15.9 Å². The van der Waals surface area contributed by atoms with Gasteiger partial charge in [-0.2, -0.15) is 0 Å². The molecule has 1 amide bonds. The van der Waals surface area contributed by atoms with Crippen molar-refractivity contribution in [2.75, 3.05) is 17.7 Å². The highest BCUT2D eigenvalue weighted by Crippen LogP contribution is 2.22. The summed E-state index contributed by atoms with van der Waals surface area (Å²) in [7, 11) is 1.78. The van der Waals surface area contributed by atoms with Crippen LogP contribution in [0, 0.1) is 0 Å². The van der Waals surface area contributed by atoms with Crippen LogP contribution < -0.4 is 10.6 Å². The first-order valence-electron chi connectivity index (χ1n) is 4.98. The van der Waals surface area contributed by atoms with Gasteiger partial charge in [0.05, 0.1) is 17.6 Å². The topological polar surface area (TPSA) is 59.0 Å². The van der Waals surface area contributed by atoms with E-state index in [1.165, 1.54) is 0 Å². The fourth-order valence-corrected chi connectivity index (χ4v) is 1.86. The van der Waals surface area contributed by atoms with Crippen LogP contribution in [0.5, 0.6) is 0 Å². The number of anilines is 2. The molecule has 0 saturated heterocycles. The Morgan fingerprint density at radius 3 is 2.94 bits per heavy atom. The van der Waals surface area contributed by atoms with Crippen LogP contribution in [0.1, 0.15) is 0 Å². The van der Waals surface area contributed by atoms with Crippen LogP contribution in [-0.4, -0.2) is 23.2 Å². The Balaban J connectivity index is 2.42. The molecule has 0 bridgehead atoms. The number of amides is 1. The van der Waals surface area contributed by atoms with E-state index in [0.29, 0.717) is 12.2 Å². The summed E-state index contributed by atoms with van der Waals surface area (Å²) in [6.07, 6.45) is 2.42. The molecule has 0 aliphatic carbocycles. The SMILES string of the molecule is CNc1cn(-c2cccc(Br)c2)nc1NC=O. The molecule has 88 valence electrons. The Hall–Kier alpha value is -1.82. The van der Waals surface area contributed by atoms with E-state index >= 15 is 0 Å². The maximum Gasteiger partial charge on any atom is 0.212 e. The molecule has 0 spiro atoms. The van der Waals surface area contributed by atoms with Gasteiger partial charge in [0.15, 0.2) is 5.82 Å². The molecule has 17 heavy (non-hydrogen) atoms. The van der Waals surface area contributed by atoms with E-state index in [0.717, 1.165) is 15.8 Å². The first-order valence-corrected chi connectivity index (χ1v) is 5.77. The molecule has 0 radical (unpaired) electrons. The molecule has 0 aliphatic heterocycles. The summed E-state index contributed by atoms with van der Waals surface area (Å²) in [5.41, 5.74) is 1.67. The molecule has 0 fully saturated rings. The number of carbonyl (C=O) groups excluding carboxylic acids is 1. The number of nitrogens with zero attached hydrogens (tertiary/aromatic N) is 2. The predicted molar refractivity (Wildman–Crippen MR) is 70.5 cm³/mol. The molecule has 5 nitrogen and oxygen atoms in total. The summed E-state index contributed by atoms with van der Waals surface area (Å²) in [6, 6.07) is 7.74. The molecule has 1 heterocycles. The van der Waals surface area contributed by atoms with E-state index in [9.17, 15) is 4.79 Å². The Morgan fingerprint density at radius 2 is 2.29 bits per heavy atom. The second kappa shape index (κ2) is 5.01. The first kappa shape index (κ1) is 11.7. The molecule has 6 heteroatoms. The lowest BCUT2D eigenvalue weighted by Crippen LogP contribution is -1.99. The van der Waals surface area contributed by atoms with Gasteiger partial charge in [-0.1, -0.05) is 22.0 Å². The molecule has 0 unspecified atom stereocenters. The summed E-state index contributed by atoms with van der Waals surface area (Å²) < 4.78 is 2.67.